The van der Waals surface area contributed by atoms with Crippen LogP contribution >= 0.6 is 11.3 Å². The Labute approximate surface area is 90.8 Å². The lowest BCUT2D eigenvalue weighted by Gasteiger charge is -2.16. The summed E-state index contributed by atoms with van der Waals surface area (Å²) in [6.07, 6.45) is 0.930. The van der Waals surface area contributed by atoms with E-state index in [0.717, 1.165) is 4.83 Å². The lowest BCUT2D eigenvalue weighted by molar-refractivity contribution is 0.137. The molecule has 0 fully saturated rings. The lowest BCUT2D eigenvalue weighted by Crippen LogP contribution is -2.29. The maximum absolute atomic E-state index is 12.0. The van der Waals surface area contributed by atoms with Crippen LogP contribution in [-0.2, 0) is 0 Å². The van der Waals surface area contributed by atoms with Crippen molar-refractivity contribution in [3.8, 4) is 0 Å². The van der Waals surface area contributed by atoms with Crippen molar-refractivity contribution in [2.24, 2.45) is 0 Å². The first-order chi connectivity index (χ1) is 7.11. The molecular weight excluding hydrogens is 212 g/mol. The highest BCUT2D eigenvalue weighted by atomic mass is 32.1. The summed E-state index contributed by atoms with van der Waals surface area (Å²) in [4.78, 5) is 16.9. The Hall–Kier alpha value is -1.20. The summed E-state index contributed by atoms with van der Waals surface area (Å²) >= 11 is 1.44. The molecule has 4 nitrogen and oxygen atoms in total. The normalized spacial score (nSPS) is 15.4. The summed E-state index contributed by atoms with van der Waals surface area (Å²) in [6.45, 7) is 3.46. The molecule has 0 aliphatic carbocycles. The van der Waals surface area contributed by atoms with Crippen LogP contribution in [0.4, 0.5) is 0 Å². The predicted molar refractivity (Wildman–Crippen MR) is 60.3 cm³/mol. The zero-order valence-corrected chi connectivity index (χ0v) is 9.36. The molecule has 0 bridgehead atoms. The third-order valence-corrected chi connectivity index (χ3v) is 3.37. The third-order valence-electron chi connectivity index (χ3n) is 2.55. The van der Waals surface area contributed by atoms with Crippen molar-refractivity contribution in [1.29, 1.82) is 0 Å². The lowest BCUT2D eigenvalue weighted by atomic mass is 10.2. The molecule has 5 heteroatoms. The Morgan fingerprint density at radius 1 is 1.53 bits per heavy atom. The average molecular weight is 224 g/mol. The third kappa shape index (κ3) is 1.68. The van der Waals surface area contributed by atoms with Crippen LogP contribution in [0.3, 0.4) is 0 Å². The van der Waals surface area contributed by atoms with E-state index >= 15 is 0 Å². The molecule has 2 unspecified atom stereocenters. The predicted octanol–water partition coefficient (Wildman–Crippen LogP) is 1.40. The smallest absolute Gasteiger partial charge is 0.262 e. The van der Waals surface area contributed by atoms with Crippen LogP contribution in [0.2, 0.25) is 0 Å². The number of aromatic nitrogens is 2. The highest BCUT2D eigenvalue weighted by molar-refractivity contribution is 7.16. The summed E-state index contributed by atoms with van der Waals surface area (Å²) in [6, 6.07) is 1.51. The van der Waals surface area contributed by atoms with Gasteiger partial charge in [0.2, 0.25) is 0 Å². The monoisotopic (exact) mass is 224 g/mol. The molecule has 0 amide bonds. The largest absolute Gasteiger partial charge is 0.391 e. The van der Waals surface area contributed by atoms with Gasteiger partial charge in [0.15, 0.2) is 0 Å². The number of aliphatic hydroxyl groups is 1. The van der Waals surface area contributed by atoms with Gasteiger partial charge in [-0.25, -0.2) is 4.98 Å². The number of fused-ring (bicyclic) bond motifs is 1. The van der Waals surface area contributed by atoms with Crippen LogP contribution in [0, 0.1) is 0 Å². The minimum absolute atomic E-state index is 0.0883. The fourth-order valence-corrected chi connectivity index (χ4v) is 2.12. The topological polar surface area (TPSA) is 55.1 Å². The van der Waals surface area contributed by atoms with Crippen LogP contribution in [-0.4, -0.2) is 20.8 Å². The number of aliphatic hydroxyl groups excluding tert-OH is 1. The highest BCUT2D eigenvalue weighted by Gasteiger charge is 2.14. The molecule has 2 heterocycles. The van der Waals surface area contributed by atoms with Gasteiger partial charge in [-0.15, -0.1) is 11.3 Å². The van der Waals surface area contributed by atoms with Crippen LogP contribution in [0.15, 0.2) is 22.6 Å². The molecule has 0 aliphatic rings. The molecule has 2 atom stereocenters. The molecule has 0 aliphatic heterocycles. The van der Waals surface area contributed by atoms with Crippen molar-refractivity contribution in [3.05, 3.63) is 28.1 Å². The zero-order chi connectivity index (χ0) is 11.0. The summed E-state index contributed by atoms with van der Waals surface area (Å²) in [5.41, 5.74) is -0.0883. The van der Waals surface area contributed by atoms with Gasteiger partial charge in [-0.2, -0.15) is 0 Å². The maximum Gasteiger partial charge on any atom is 0.262 e. The fourth-order valence-electron chi connectivity index (χ4n) is 1.39. The van der Waals surface area contributed by atoms with Gasteiger partial charge in [0.05, 0.1) is 23.9 Å². The maximum atomic E-state index is 12.0. The summed E-state index contributed by atoms with van der Waals surface area (Å²) in [5, 5.41) is 11.9. The van der Waals surface area contributed by atoms with Crippen molar-refractivity contribution >= 4 is 21.6 Å². The Kier molecular flexibility index (Phi) is 2.58. The molecule has 0 spiro atoms. The summed E-state index contributed by atoms with van der Waals surface area (Å²) in [5.74, 6) is 0. The molecule has 0 radical (unpaired) electrons. The highest BCUT2D eigenvalue weighted by Crippen LogP contribution is 2.15. The first-order valence-electron chi connectivity index (χ1n) is 4.73. The van der Waals surface area contributed by atoms with E-state index in [-0.39, 0.29) is 11.6 Å². The Morgan fingerprint density at radius 3 is 2.93 bits per heavy atom. The van der Waals surface area contributed by atoms with Gasteiger partial charge in [-0.1, -0.05) is 0 Å². The van der Waals surface area contributed by atoms with Gasteiger partial charge in [-0.3, -0.25) is 9.36 Å². The van der Waals surface area contributed by atoms with Crippen LogP contribution in [0.25, 0.3) is 10.2 Å². The molecule has 80 valence electrons. The molecule has 0 saturated carbocycles. The SMILES string of the molecule is CC(O)C(C)n1cnc2sccc2c1=O. The van der Waals surface area contributed by atoms with E-state index in [2.05, 4.69) is 4.98 Å². The van der Waals surface area contributed by atoms with Crippen LogP contribution in [0.5, 0.6) is 0 Å². The van der Waals surface area contributed by atoms with Gasteiger partial charge >= 0.3 is 0 Å². The van der Waals surface area contributed by atoms with Crippen LogP contribution < -0.4 is 5.56 Å². The van der Waals surface area contributed by atoms with E-state index in [1.807, 2.05) is 5.38 Å². The molecule has 2 aromatic heterocycles. The second-order valence-electron chi connectivity index (χ2n) is 3.58. The molecule has 15 heavy (non-hydrogen) atoms. The number of nitrogens with zero attached hydrogens (tertiary/aromatic N) is 2. The van der Waals surface area contributed by atoms with Crippen molar-refractivity contribution in [2.45, 2.75) is 26.0 Å². The van der Waals surface area contributed by atoms with E-state index in [1.54, 1.807) is 19.9 Å². The number of hydrogen-bond donors (Lipinski definition) is 1. The van der Waals surface area contributed by atoms with Crippen molar-refractivity contribution < 1.29 is 5.11 Å². The van der Waals surface area contributed by atoms with Crippen molar-refractivity contribution in [3.63, 3.8) is 0 Å². The molecule has 2 aromatic rings. The van der Waals surface area contributed by atoms with E-state index in [9.17, 15) is 9.90 Å². The summed E-state index contributed by atoms with van der Waals surface area (Å²) < 4.78 is 1.47. The number of thiophene rings is 1. The Morgan fingerprint density at radius 2 is 2.27 bits per heavy atom. The minimum atomic E-state index is -0.569. The first-order valence-corrected chi connectivity index (χ1v) is 5.61. The second kappa shape index (κ2) is 3.75. The van der Waals surface area contributed by atoms with Gasteiger partial charge in [0.25, 0.3) is 5.56 Å². The quantitative estimate of drug-likeness (QED) is 0.839. The fraction of sp³-hybridized carbons (Fsp3) is 0.400. The number of rotatable bonds is 2. The van der Waals surface area contributed by atoms with Gasteiger partial charge < -0.3 is 5.11 Å². The molecular formula is C10H12N2O2S. The second-order valence-corrected chi connectivity index (χ2v) is 4.47. The zero-order valence-electron chi connectivity index (χ0n) is 8.54. The minimum Gasteiger partial charge on any atom is -0.391 e. The van der Waals surface area contributed by atoms with Gasteiger partial charge in [0.1, 0.15) is 4.83 Å². The van der Waals surface area contributed by atoms with Gasteiger partial charge in [-0.05, 0) is 25.3 Å². The van der Waals surface area contributed by atoms with Gasteiger partial charge in [0, 0.05) is 0 Å². The van der Waals surface area contributed by atoms with E-state index in [0.29, 0.717) is 5.39 Å². The average Bonchev–Trinajstić information content (AvgIpc) is 2.66. The van der Waals surface area contributed by atoms with E-state index in [4.69, 9.17) is 0 Å². The standard InChI is InChI=1S/C10H12N2O2S/c1-6(7(2)13)12-5-11-9-8(10(12)14)3-4-15-9/h3-7,13H,1-2H3. The van der Waals surface area contributed by atoms with Crippen molar-refractivity contribution in [1.82, 2.24) is 9.55 Å². The first kappa shape index (κ1) is 10.3. The van der Waals surface area contributed by atoms with E-state index in [1.165, 1.54) is 22.2 Å². The molecule has 1 N–H and O–H groups in total. The van der Waals surface area contributed by atoms with Crippen molar-refractivity contribution in [2.75, 3.05) is 0 Å². The number of hydrogen-bond acceptors (Lipinski definition) is 4. The Bertz CT molecular complexity index is 529. The molecule has 0 aromatic carbocycles. The molecule has 2 rings (SSSR count). The van der Waals surface area contributed by atoms with Crippen LogP contribution in [0.1, 0.15) is 19.9 Å². The Balaban J connectivity index is 2.62. The molecule has 0 saturated heterocycles. The van der Waals surface area contributed by atoms with E-state index < -0.39 is 6.10 Å². The summed E-state index contributed by atoms with van der Waals surface area (Å²) in [7, 11) is 0.